The van der Waals surface area contributed by atoms with Crippen molar-refractivity contribution in [3.05, 3.63) is 40.1 Å². The molecule has 0 saturated heterocycles. The first-order valence-corrected chi connectivity index (χ1v) is 8.79. The Labute approximate surface area is 159 Å². The number of halogens is 3. The SMILES string of the molecule is CCn1ncc(Br)c1CN(C)C(=S)Nc1ccc(C)cc1OC(F)F. The van der Waals surface area contributed by atoms with E-state index in [0.717, 1.165) is 22.3 Å². The van der Waals surface area contributed by atoms with Gasteiger partial charge in [0.25, 0.3) is 0 Å². The van der Waals surface area contributed by atoms with E-state index in [9.17, 15) is 8.78 Å². The molecule has 0 aliphatic rings. The maximum atomic E-state index is 12.6. The van der Waals surface area contributed by atoms with Crippen LogP contribution in [0.15, 0.2) is 28.9 Å². The summed E-state index contributed by atoms with van der Waals surface area (Å²) in [6.45, 7) is 2.15. The Balaban J connectivity index is 2.12. The molecular weight excluding hydrogens is 414 g/mol. The molecule has 0 radical (unpaired) electrons. The van der Waals surface area contributed by atoms with Gasteiger partial charge in [-0.3, -0.25) is 4.68 Å². The maximum Gasteiger partial charge on any atom is 0.387 e. The zero-order valence-electron chi connectivity index (χ0n) is 14.1. The van der Waals surface area contributed by atoms with Crippen LogP contribution in [0.1, 0.15) is 18.2 Å². The van der Waals surface area contributed by atoms with Crippen LogP contribution in [-0.4, -0.2) is 33.5 Å². The van der Waals surface area contributed by atoms with Crippen LogP contribution in [0, 0.1) is 6.92 Å². The zero-order valence-corrected chi connectivity index (χ0v) is 16.5. The average Bonchev–Trinajstić information content (AvgIpc) is 2.89. The van der Waals surface area contributed by atoms with Crippen LogP contribution in [0.3, 0.4) is 0 Å². The molecule has 0 aliphatic heterocycles. The third-order valence-corrected chi connectivity index (χ3v) is 4.60. The monoisotopic (exact) mass is 432 g/mol. The van der Waals surface area contributed by atoms with Crippen LogP contribution >= 0.6 is 28.1 Å². The molecule has 1 aromatic carbocycles. The third-order valence-electron chi connectivity index (χ3n) is 3.53. The highest BCUT2D eigenvalue weighted by atomic mass is 79.9. The van der Waals surface area contributed by atoms with Gasteiger partial charge in [0.05, 0.1) is 28.6 Å². The zero-order chi connectivity index (χ0) is 18.6. The van der Waals surface area contributed by atoms with Crippen molar-refractivity contribution >= 4 is 38.9 Å². The van der Waals surface area contributed by atoms with E-state index in [-0.39, 0.29) is 5.75 Å². The first-order chi connectivity index (χ1) is 11.8. The molecule has 5 nitrogen and oxygen atoms in total. The lowest BCUT2D eigenvalue weighted by Gasteiger charge is -2.23. The van der Waals surface area contributed by atoms with Gasteiger partial charge in [-0.2, -0.15) is 13.9 Å². The van der Waals surface area contributed by atoms with Gasteiger partial charge in [0.15, 0.2) is 5.11 Å². The minimum absolute atomic E-state index is 0.0607. The highest BCUT2D eigenvalue weighted by Crippen LogP contribution is 2.28. The predicted octanol–water partition coefficient (Wildman–Crippen LogP) is 4.40. The number of aromatic nitrogens is 2. The molecule has 2 rings (SSSR count). The number of hydrogen-bond acceptors (Lipinski definition) is 3. The van der Waals surface area contributed by atoms with Crippen LogP contribution in [0.25, 0.3) is 0 Å². The Hall–Kier alpha value is -1.74. The normalized spacial score (nSPS) is 10.8. The van der Waals surface area contributed by atoms with Crippen molar-refractivity contribution in [3.63, 3.8) is 0 Å². The number of ether oxygens (including phenoxy) is 1. The van der Waals surface area contributed by atoms with Gasteiger partial charge in [0, 0.05) is 13.6 Å². The van der Waals surface area contributed by atoms with Crippen LogP contribution in [0.2, 0.25) is 0 Å². The van der Waals surface area contributed by atoms with Crippen LogP contribution in [0.5, 0.6) is 5.75 Å². The Morgan fingerprint density at radius 3 is 2.84 bits per heavy atom. The predicted molar refractivity (Wildman–Crippen MR) is 101 cm³/mol. The highest BCUT2D eigenvalue weighted by Gasteiger charge is 2.15. The second-order valence-corrected chi connectivity index (χ2v) is 6.66. The fourth-order valence-corrected chi connectivity index (χ4v) is 2.85. The van der Waals surface area contributed by atoms with Gasteiger partial charge in [0.1, 0.15) is 5.75 Å². The van der Waals surface area contributed by atoms with E-state index in [1.165, 1.54) is 0 Å². The number of alkyl halides is 2. The number of benzene rings is 1. The molecule has 0 aliphatic carbocycles. The lowest BCUT2D eigenvalue weighted by molar-refractivity contribution is -0.0493. The van der Waals surface area contributed by atoms with E-state index in [1.54, 1.807) is 36.2 Å². The smallest absolute Gasteiger partial charge is 0.387 e. The van der Waals surface area contributed by atoms with Gasteiger partial charge < -0.3 is 15.0 Å². The molecule has 2 aromatic rings. The van der Waals surface area contributed by atoms with E-state index in [1.807, 2.05) is 18.7 Å². The van der Waals surface area contributed by atoms with Crippen LogP contribution in [0.4, 0.5) is 14.5 Å². The van der Waals surface area contributed by atoms with Crippen molar-refractivity contribution in [1.29, 1.82) is 0 Å². The molecule has 0 unspecified atom stereocenters. The van der Waals surface area contributed by atoms with Crippen LogP contribution in [-0.2, 0) is 13.1 Å². The van der Waals surface area contributed by atoms with E-state index in [4.69, 9.17) is 12.2 Å². The molecule has 0 spiro atoms. The summed E-state index contributed by atoms with van der Waals surface area (Å²) in [5.41, 5.74) is 2.18. The molecule has 136 valence electrons. The second-order valence-electron chi connectivity index (χ2n) is 5.42. The van der Waals surface area contributed by atoms with E-state index < -0.39 is 6.61 Å². The number of aryl methyl sites for hydroxylation is 2. The summed E-state index contributed by atoms with van der Waals surface area (Å²) in [5.74, 6) is 0.0607. The molecule has 1 heterocycles. The van der Waals surface area contributed by atoms with Crippen LogP contribution < -0.4 is 10.1 Å². The summed E-state index contributed by atoms with van der Waals surface area (Å²) in [5, 5.41) is 7.62. The Morgan fingerprint density at radius 2 is 2.20 bits per heavy atom. The van der Waals surface area contributed by atoms with Crippen molar-refractivity contribution in [2.24, 2.45) is 0 Å². The number of hydrogen-bond donors (Lipinski definition) is 1. The lowest BCUT2D eigenvalue weighted by Crippen LogP contribution is -2.31. The van der Waals surface area contributed by atoms with E-state index in [0.29, 0.717) is 17.3 Å². The molecule has 0 amide bonds. The standard InChI is InChI=1S/C16H19BrF2N4OS/c1-4-23-13(11(17)8-20-23)9-22(3)16(25)21-12-6-5-10(2)7-14(12)24-15(18)19/h5-8,15H,4,9H2,1-3H3,(H,21,25). The largest absolute Gasteiger partial charge is 0.433 e. The van der Waals surface area contributed by atoms with Crippen molar-refractivity contribution in [2.75, 3.05) is 12.4 Å². The maximum absolute atomic E-state index is 12.6. The number of rotatable bonds is 6. The first-order valence-electron chi connectivity index (χ1n) is 7.59. The van der Waals surface area contributed by atoms with Gasteiger partial charge in [0.2, 0.25) is 0 Å². The number of nitrogens with zero attached hydrogens (tertiary/aromatic N) is 3. The van der Waals surface area contributed by atoms with Gasteiger partial charge >= 0.3 is 6.61 Å². The van der Waals surface area contributed by atoms with E-state index in [2.05, 4.69) is 31.1 Å². The molecule has 9 heteroatoms. The molecular formula is C16H19BrF2N4OS. The van der Waals surface area contributed by atoms with Gasteiger partial charge in [-0.1, -0.05) is 6.07 Å². The average molecular weight is 433 g/mol. The van der Waals surface area contributed by atoms with Gasteiger partial charge in [-0.15, -0.1) is 0 Å². The molecule has 0 bridgehead atoms. The Bertz CT molecular complexity index is 754. The summed E-state index contributed by atoms with van der Waals surface area (Å²) in [6, 6.07) is 5.01. The molecule has 1 aromatic heterocycles. The fourth-order valence-electron chi connectivity index (χ4n) is 2.25. The summed E-state index contributed by atoms with van der Waals surface area (Å²) in [4.78, 5) is 1.80. The minimum atomic E-state index is -2.90. The Kier molecular flexibility index (Phi) is 6.71. The molecule has 0 atom stereocenters. The topological polar surface area (TPSA) is 42.3 Å². The molecule has 0 fully saturated rings. The molecule has 25 heavy (non-hydrogen) atoms. The highest BCUT2D eigenvalue weighted by molar-refractivity contribution is 9.10. The number of anilines is 1. The quantitative estimate of drug-likeness (QED) is 0.684. The lowest BCUT2D eigenvalue weighted by atomic mass is 10.2. The number of nitrogens with one attached hydrogen (secondary N) is 1. The van der Waals surface area contributed by atoms with Gasteiger partial charge in [-0.05, 0) is 59.7 Å². The molecule has 0 saturated carbocycles. The summed E-state index contributed by atoms with van der Waals surface area (Å²) < 4.78 is 32.5. The third kappa shape index (κ3) is 5.12. The van der Waals surface area contributed by atoms with Crippen molar-refractivity contribution in [3.8, 4) is 5.75 Å². The minimum Gasteiger partial charge on any atom is -0.433 e. The summed E-state index contributed by atoms with van der Waals surface area (Å²) in [7, 11) is 1.82. The van der Waals surface area contributed by atoms with Gasteiger partial charge in [-0.25, -0.2) is 0 Å². The van der Waals surface area contributed by atoms with Crippen molar-refractivity contribution in [2.45, 2.75) is 33.5 Å². The van der Waals surface area contributed by atoms with Crippen molar-refractivity contribution in [1.82, 2.24) is 14.7 Å². The fraction of sp³-hybridized carbons (Fsp3) is 0.375. The van der Waals surface area contributed by atoms with E-state index >= 15 is 0 Å². The molecule has 1 N–H and O–H groups in total. The first kappa shape index (κ1) is 19.6. The number of thiocarbonyl (C=S) groups is 1. The summed E-state index contributed by atoms with van der Waals surface area (Å²) >= 11 is 8.86. The summed E-state index contributed by atoms with van der Waals surface area (Å²) in [6.07, 6.45) is 1.73. The van der Waals surface area contributed by atoms with Crippen molar-refractivity contribution < 1.29 is 13.5 Å². The Morgan fingerprint density at radius 1 is 1.48 bits per heavy atom. The second kappa shape index (κ2) is 8.57.